The molecule has 1 unspecified atom stereocenters. The zero-order chi connectivity index (χ0) is 15.5. The van der Waals surface area contributed by atoms with Crippen molar-refractivity contribution < 1.29 is 9.90 Å². The summed E-state index contributed by atoms with van der Waals surface area (Å²) >= 11 is 0. The second-order valence-corrected chi connectivity index (χ2v) is 7.18. The van der Waals surface area contributed by atoms with Crippen LogP contribution < -0.4 is 0 Å². The molecule has 0 bridgehead atoms. The highest BCUT2D eigenvalue weighted by Crippen LogP contribution is 2.34. The zero-order valence-electron chi connectivity index (χ0n) is 13.4. The number of phenols is 1. The molecule has 0 aromatic heterocycles. The number of nitrogens with zero attached hydrogens (tertiary/aromatic N) is 1. The average Bonchev–Trinajstić information content (AvgIpc) is 2.66. The van der Waals surface area contributed by atoms with Gasteiger partial charge in [0.15, 0.2) is 0 Å². The van der Waals surface area contributed by atoms with Crippen molar-refractivity contribution in [2.75, 3.05) is 13.1 Å². The highest BCUT2D eigenvalue weighted by atomic mass is 16.3. The van der Waals surface area contributed by atoms with Crippen LogP contribution in [0.15, 0.2) is 24.3 Å². The number of hydrogen-bond donors (Lipinski definition) is 1. The van der Waals surface area contributed by atoms with Gasteiger partial charge in [0.25, 0.3) is 0 Å². The molecule has 1 aliphatic rings. The summed E-state index contributed by atoms with van der Waals surface area (Å²) in [5.41, 5.74) is 1.04. The first-order chi connectivity index (χ1) is 9.88. The first-order valence-electron chi connectivity index (χ1n) is 7.92. The predicted octanol–water partition coefficient (Wildman–Crippen LogP) is 3.61. The molecule has 1 saturated heterocycles. The lowest BCUT2D eigenvalue weighted by molar-refractivity contribution is -0.130. The lowest BCUT2D eigenvalue weighted by Crippen LogP contribution is -2.33. The molecule has 116 valence electrons. The topological polar surface area (TPSA) is 40.5 Å². The summed E-state index contributed by atoms with van der Waals surface area (Å²) in [7, 11) is 0. The van der Waals surface area contributed by atoms with Crippen LogP contribution in [0.25, 0.3) is 0 Å². The first-order valence-corrected chi connectivity index (χ1v) is 7.92. The SMILES string of the molecule is CC(C)(C)C1CCCN(C(=O)Cc2ccccc2O)CC1. The van der Waals surface area contributed by atoms with Gasteiger partial charge in [-0.2, -0.15) is 0 Å². The van der Waals surface area contributed by atoms with Crippen molar-refractivity contribution in [2.45, 2.75) is 46.5 Å². The number of para-hydroxylation sites is 1. The molecule has 1 aromatic rings. The molecule has 3 heteroatoms. The second-order valence-electron chi connectivity index (χ2n) is 7.18. The van der Waals surface area contributed by atoms with Gasteiger partial charge in [-0.05, 0) is 36.7 Å². The highest BCUT2D eigenvalue weighted by molar-refractivity contribution is 5.79. The van der Waals surface area contributed by atoms with E-state index in [0.717, 1.165) is 31.5 Å². The molecule has 1 atom stereocenters. The Hall–Kier alpha value is -1.51. The molecule has 1 fully saturated rings. The van der Waals surface area contributed by atoms with Crippen molar-refractivity contribution in [1.29, 1.82) is 0 Å². The Labute approximate surface area is 128 Å². The quantitative estimate of drug-likeness (QED) is 0.903. The molecule has 2 rings (SSSR count). The number of likely N-dealkylation sites (tertiary alicyclic amines) is 1. The second kappa shape index (κ2) is 6.50. The number of carbonyl (C=O) groups is 1. The van der Waals surface area contributed by atoms with E-state index in [1.807, 2.05) is 17.0 Å². The third kappa shape index (κ3) is 4.23. The minimum Gasteiger partial charge on any atom is -0.508 e. The Morgan fingerprint density at radius 3 is 2.62 bits per heavy atom. The van der Waals surface area contributed by atoms with E-state index in [0.29, 0.717) is 17.8 Å². The summed E-state index contributed by atoms with van der Waals surface area (Å²) in [5, 5.41) is 9.79. The van der Waals surface area contributed by atoms with Crippen molar-refractivity contribution >= 4 is 5.91 Å². The van der Waals surface area contributed by atoms with Crippen molar-refractivity contribution in [3.8, 4) is 5.75 Å². The smallest absolute Gasteiger partial charge is 0.227 e. The van der Waals surface area contributed by atoms with Crippen molar-refractivity contribution in [3.05, 3.63) is 29.8 Å². The molecule has 1 amide bonds. The van der Waals surface area contributed by atoms with E-state index < -0.39 is 0 Å². The third-order valence-electron chi connectivity index (χ3n) is 4.64. The monoisotopic (exact) mass is 289 g/mol. The van der Waals surface area contributed by atoms with Crippen LogP contribution in [0.1, 0.15) is 45.6 Å². The summed E-state index contributed by atoms with van der Waals surface area (Å²) in [4.78, 5) is 14.4. The molecule has 0 radical (unpaired) electrons. The van der Waals surface area contributed by atoms with E-state index in [1.165, 1.54) is 6.42 Å². The van der Waals surface area contributed by atoms with Gasteiger partial charge >= 0.3 is 0 Å². The average molecular weight is 289 g/mol. The summed E-state index contributed by atoms with van der Waals surface area (Å²) in [6, 6.07) is 7.10. The maximum atomic E-state index is 12.4. The van der Waals surface area contributed by atoms with E-state index in [2.05, 4.69) is 20.8 Å². The Bertz CT molecular complexity index is 490. The van der Waals surface area contributed by atoms with Crippen LogP contribution in [-0.4, -0.2) is 29.0 Å². The summed E-state index contributed by atoms with van der Waals surface area (Å²) < 4.78 is 0. The van der Waals surface area contributed by atoms with Gasteiger partial charge in [-0.1, -0.05) is 39.0 Å². The first kappa shape index (κ1) is 15.9. The van der Waals surface area contributed by atoms with Crippen LogP contribution in [0.5, 0.6) is 5.75 Å². The van der Waals surface area contributed by atoms with Crippen molar-refractivity contribution in [1.82, 2.24) is 4.90 Å². The Morgan fingerprint density at radius 1 is 1.24 bits per heavy atom. The largest absolute Gasteiger partial charge is 0.508 e. The number of aromatic hydroxyl groups is 1. The number of benzene rings is 1. The fraction of sp³-hybridized carbons (Fsp3) is 0.611. The summed E-state index contributed by atoms with van der Waals surface area (Å²) in [6.07, 6.45) is 3.65. The van der Waals surface area contributed by atoms with Crippen LogP contribution in [0.4, 0.5) is 0 Å². The Kier molecular flexibility index (Phi) is 4.92. The van der Waals surface area contributed by atoms with Crippen molar-refractivity contribution in [3.63, 3.8) is 0 Å². The van der Waals surface area contributed by atoms with Gasteiger partial charge in [0, 0.05) is 18.7 Å². The molecule has 0 spiro atoms. The van der Waals surface area contributed by atoms with E-state index in [9.17, 15) is 9.90 Å². The van der Waals surface area contributed by atoms with Gasteiger partial charge in [0.1, 0.15) is 5.75 Å². The normalized spacial score (nSPS) is 20.1. The lowest BCUT2D eigenvalue weighted by Gasteiger charge is -2.29. The fourth-order valence-electron chi connectivity index (χ4n) is 3.15. The molecule has 21 heavy (non-hydrogen) atoms. The number of carbonyl (C=O) groups excluding carboxylic acids is 1. The minimum atomic E-state index is 0.131. The fourth-order valence-corrected chi connectivity index (χ4v) is 3.15. The maximum absolute atomic E-state index is 12.4. The van der Waals surface area contributed by atoms with Crippen LogP contribution in [-0.2, 0) is 11.2 Å². The summed E-state index contributed by atoms with van der Waals surface area (Å²) in [5.74, 6) is 1.03. The van der Waals surface area contributed by atoms with E-state index in [-0.39, 0.29) is 11.7 Å². The molecular weight excluding hydrogens is 262 g/mol. The zero-order valence-corrected chi connectivity index (χ0v) is 13.4. The standard InChI is InChI=1S/C18H27NO2/c1-18(2,3)15-8-6-11-19(12-10-15)17(21)13-14-7-4-5-9-16(14)20/h4-5,7,9,15,20H,6,8,10-13H2,1-3H3. The van der Waals surface area contributed by atoms with Crippen LogP contribution in [0.2, 0.25) is 0 Å². The Morgan fingerprint density at radius 2 is 1.95 bits per heavy atom. The van der Waals surface area contributed by atoms with Crippen LogP contribution >= 0.6 is 0 Å². The van der Waals surface area contributed by atoms with Gasteiger partial charge < -0.3 is 10.0 Å². The van der Waals surface area contributed by atoms with Gasteiger partial charge in [-0.25, -0.2) is 0 Å². The van der Waals surface area contributed by atoms with Gasteiger partial charge in [0.05, 0.1) is 6.42 Å². The number of hydrogen-bond acceptors (Lipinski definition) is 2. The molecule has 3 nitrogen and oxygen atoms in total. The van der Waals surface area contributed by atoms with Crippen LogP contribution in [0.3, 0.4) is 0 Å². The highest BCUT2D eigenvalue weighted by Gasteiger charge is 2.28. The van der Waals surface area contributed by atoms with Gasteiger partial charge in [-0.3, -0.25) is 4.79 Å². The van der Waals surface area contributed by atoms with Gasteiger partial charge in [0.2, 0.25) is 5.91 Å². The molecule has 1 N–H and O–H groups in total. The third-order valence-corrected chi connectivity index (χ3v) is 4.64. The number of phenolic OH excluding ortho intramolecular Hbond substituents is 1. The molecule has 1 aliphatic heterocycles. The Balaban J connectivity index is 1.96. The number of rotatable bonds is 2. The number of amides is 1. The molecule has 1 heterocycles. The van der Waals surface area contributed by atoms with E-state index >= 15 is 0 Å². The molecule has 1 aromatic carbocycles. The molecule has 0 aliphatic carbocycles. The predicted molar refractivity (Wildman–Crippen MR) is 85.2 cm³/mol. The van der Waals surface area contributed by atoms with E-state index in [1.54, 1.807) is 12.1 Å². The van der Waals surface area contributed by atoms with Crippen LogP contribution in [0, 0.1) is 11.3 Å². The summed E-state index contributed by atoms with van der Waals surface area (Å²) in [6.45, 7) is 8.55. The minimum absolute atomic E-state index is 0.131. The lowest BCUT2D eigenvalue weighted by atomic mass is 9.77. The maximum Gasteiger partial charge on any atom is 0.227 e. The van der Waals surface area contributed by atoms with Crippen molar-refractivity contribution in [2.24, 2.45) is 11.3 Å². The molecule has 0 saturated carbocycles. The van der Waals surface area contributed by atoms with Gasteiger partial charge in [-0.15, -0.1) is 0 Å². The molecular formula is C18H27NO2. The van der Waals surface area contributed by atoms with E-state index in [4.69, 9.17) is 0 Å².